The summed E-state index contributed by atoms with van der Waals surface area (Å²) in [4.78, 5) is 6.57. The van der Waals surface area contributed by atoms with Crippen LogP contribution in [-0.2, 0) is 0 Å². The number of aliphatic imine (C=N–C) groups is 1. The number of allylic oxidation sites excluding steroid dienone is 5. The van der Waals surface area contributed by atoms with Crippen LogP contribution in [0.2, 0.25) is 0 Å². The zero-order valence-corrected chi connectivity index (χ0v) is 14.5. The van der Waals surface area contributed by atoms with Crippen molar-refractivity contribution in [2.75, 3.05) is 21.1 Å². The molecule has 21 heavy (non-hydrogen) atoms. The van der Waals surface area contributed by atoms with Crippen molar-refractivity contribution in [3.63, 3.8) is 0 Å². The Labute approximate surface area is 130 Å². The van der Waals surface area contributed by atoms with Crippen LogP contribution in [0.15, 0.2) is 52.5 Å². The van der Waals surface area contributed by atoms with Gasteiger partial charge in [-0.15, -0.1) is 0 Å². The summed E-state index contributed by atoms with van der Waals surface area (Å²) in [6.07, 6.45) is 11.8. The molecule has 0 saturated heterocycles. The standard InChI is InChI=1S/C13H16N2.C3H8.C2H7N/c1-10(2)8-13-14-9-11-6-4-5-7-12(11)15(13)3;2*1-3-2/h5,7-9H,1,4,6H2,2-3H3;3H2,1-2H3;3H,1-2H3/b13-8-;;. The highest BCUT2D eigenvalue weighted by Gasteiger charge is 2.17. The van der Waals surface area contributed by atoms with Crippen molar-refractivity contribution >= 4 is 6.21 Å². The van der Waals surface area contributed by atoms with Gasteiger partial charge >= 0.3 is 0 Å². The maximum Gasteiger partial charge on any atom is 0.132 e. The maximum atomic E-state index is 4.44. The topological polar surface area (TPSA) is 27.6 Å². The summed E-state index contributed by atoms with van der Waals surface area (Å²) in [6.45, 7) is 10.1. The predicted octanol–water partition coefficient (Wildman–Crippen LogP) is 4.28. The molecule has 118 valence electrons. The Balaban J connectivity index is 0.000000578. The number of hydrogen-bond donors (Lipinski definition) is 1. The first kappa shape index (κ1) is 19.4. The van der Waals surface area contributed by atoms with E-state index in [1.54, 1.807) is 0 Å². The lowest BCUT2D eigenvalue weighted by molar-refractivity contribution is 0.514. The lowest BCUT2D eigenvalue weighted by Gasteiger charge is -2.28. The average Bonchev–Trinajstić information content (AvgIpc) is 2.44. The molecule has 0 atom stereocenters. The van der Waals surface area contributed by atoms with Crippen molar-refractivity contribution in [2.24, 2.45) is 4.99 Å². The summed E-state index contributed by atoms with van der Waals surface area (Å²) in [5.41, 5.74) is 3.63. The molecule has 0 saturated carbocycles. The SMILES string of the molecule is C=C(C)/C=C1/N=CC2=C(C=CCC2)N1C.CCC.CNC. The van der Waals surface area contributed by atoms with E-state index in [0.717, 1.165) is 24.2 Å². The summed E-state index contributed by atoms with van der Waals surface area (Å²) >= 11 is 0. The van der Waals surface area contributed by atoms with Crippen LogP contribution in [0.1, 0.15) is 40.0 Å². The third-order valence-corrected chi connectivity index (χ3v) is 2.62. The van der Waals surface area contributed by atoms with Crippen molar-refractivity contribution in [1.29, 1.82) is 0 Å². The van der Waals surface area contributed by atoms with Crippen LogP contribution in [0.3, 0.4) is 0 Å². The largest absolute Gasteiger partial charge is 0.329 e. The van der Waals surface area contributed by atoms with Gasteiger partial charge in [0.15, 0.2) is 0 Å². The molecule has 2 aliphatic rings. The normalized spacial score (nSPS) is 17.6. The zero-order chi connectivity index (χ0) is 16.3. The van der Waals surface area contributed by atoms with Crippen LogP contribution in [0.25, 0.3) is 0 Å². The van der Waals surface area contributed by atoms with Gasteiger partial charge in [-0.25, -0.2) is 4.99 Å². The second-order valence-electron chi connectivity index (χ2n) is 5.22. The molecular weight excluding hydrogens is 258 g/mol. The Morgan fingerprint density at radius 1 is 1.43 bits per heavy atom. The van der Waals surface area contributed by atoms with Crippen LogP contribution in [0, 0.1) is 0 Å². The Kier molecular flexibility index (Phi) is 10.2. The quantitative estimate of drug-likeness (QED) is 0.780. The lowest BCUT2D eigenvalue weighted by Crippen LogP contribution is -2.22. The van der Waals surface area contributed by atoms with Crippen LogP contribution in [0.4, 0.5) is 0 Å². The molecule has 1 aliphatic carbocycles. The molecule has 1 N–H and O–H groups in total. The highest BCUT2D eigenvalue weighted by molar-refractivity contribution is 5.83. The van der Waals surface area contributed by atoms with Gasteiger partial charge < -0.3 is 10.2 Å². The van der Waals surface area contributed by atoms with Crippen molar-refractivity contribution in [3.05, 3.63) is 47.5 Å². The number of rotatable bonds is 1. The van der Waals surface area contributed by atoms with E-state index in [9.17, 15) is 0 Å². The lowest BCUT2D eigenvalue weighted by atomic mass is 10.0. The summed E-state index contributed by atoms with van der Waals surface area (Å²) < 4.78 is 0. The highest BCUT2D eigenvalue weighted by atomic mass is 15.2. The first-order chi connectivity index (χ1) is 10.0. The minimum Gasteiger partial charge on any atom is -0.329 e. The van der Waals surface area contributed by atoms with Crippen LogP contribution in [-0.4, -0.2) is 32.3 Å². The molecule has 3 heteroatoms. The van der Waals surface area contributed by atoms with E-state index in [0.29, 0.717) is 0 Å². The van der Waals surface area contributed by atoms with E-state index in [4.69, 9.17) is 0 Å². The minimum atomic E-state index is 0.966. The highest BCUT2D eigenvalue weighted by Crippen LogP contribution is 2.27. The second-order valence-corrected chi connectivity index (χ2v) is 5.22. The summed E-state index contributed by atoms with van der Waals surface area (Å²) in [5.74, 6) is 0.966. The molecule has 0 aromatic heterocycles. The van der Waals surface area contributed by atoms with Gasteiger partial charge in [-0.2, -0.15) is 0 Å². The monoisotopic (exact) mass is 289 g/mol. The molecule has 1 aliphatic heterocycles. The first-order valence-corrected chi connectivity index (χ1v) is 7.64. The number of nitrogens with one attached hydrogen (secondary N) is 1. The van der Waals surface area contributed by atoms with Crippen LogP contribution < -0.4 is 5.32 Å². The molecule has 0 fully saturated rings. The van der Waals surface area contributed by atoms with Gasteiger partial charge in [-0.3, -0.25) is 0 Å². The van der Waals surface area contributed by atoms with Gasteiger partial charge in [0.05, 0.1) is 0 Å². The van der Waals surface area contributed by atoms with E-state index in [-0.39, 0.29) is 0 Å². The molecule has 0 radical (unpaired) electrons. The van der Waals surface area contributed by atoms with Gasteiger partial charge in [0, 0.05) is 19.0 Å². The third kappa shape index (κ3) is 7.09. The fourth-order valence-electron chi connectivity index (χ4n) is 1.84. The molecule has 0 bridgehead atoms. The van der Waals surface area contributed by atoms with Gasteiger partial charge in [-0.05, 0) is 51.6 Å². The van der Waals surface area contributed by atoms with Gasteiger partial charge in [-0.1, -0.05) is 38.5 Å². The smallest absolute Gasteiger partial charge is 0.132 e. The molecule has 0 unspecified atom stereocenters. The molecule has 0 spiro atoms. The Bertz CT molecular complexity index is 437. The Morgan fingerprint density at radius 3 is 2.52 bits per heavy atom. The van der Waals surface area contributed by atoms with Gasteiger partial charge in [0.25, 0.3) is 0 Å². The second kappa shape index (κ2) is 11.1. The van der Waals surface area contributed by atoms with E-state index in [1.807, 2.05) is 33.3 Å². The van der Waals surface area contributed by atoms with Gasteiger partial charge in [0.2, 0.25) is 0 Å². The molecule has 3 nitrogen and oxygen atoms in total. The molecule has 0 aromatic rings. The Hall–Kier alpha value is -1.61. The van der Waals surface area contributed by atoms with Crippen LogP contribution in [0.5, 0.6) is 0 Å². The molecule has 0 aromatic carbocycles. The minimum absolute atomic E-state index is 0.966. The van der Waals surface area contributed by atoms with Crippen molar-refractivity contribution < 1.29 is 0 Å². The average molecular weight is 289 g/mol. The van der Waals surface area contributed by atoms with Crippen LogP contribution >= 0.6 is 0 Å². The van der Waals surface area contributed by atoms with E-state index < -0.39 is 0 Å². The Morgan fingerprint density at radius 2 is 2.00 bits per heavy atom. The molecular formula is C18H31N3. The van der Waals surface area contributed by atoms with Gasteiger partial charge in [0.1, 0.15) is 5.82 Å². The summed E-state index contributed by atoms with van der Waals surface area (Å²) in [7, 11) is 5.80. The number of likely N-dealkylation sites (N-methyl/N-ethyl adjacent to an activating group) is 1. The number of nitrogens with zero attached hydrogens (tertiary/aromatic N) is 2. The maximum absolute atomic E-state index is 4.44. The van der Waals surface area contributed by atoms with Crippen molar-refractivity contribution in [2.45, 2.75) is 40.0 Å². The molecule has 0 amide bonds. The van der Waals surface area contributed by atoms with Crippen molar-refractivity contribution in [3.8, 4) is 0 Å². The fourth-order valence-corrected chi connectivity index (χ4v) is 1.84. The molecule has 2 rings (SSSR count). The zero-order valence-electron chi connectivity index (χ0n) is 14.5. The predicted molar refractivity (Wildman–Crippen MR) is 95.5 cm³/mol. The van der Waals surface area contributed by atoms with E-state index in [2.05, 4.69) is 54.8 Å². The van der Waals surface area contributed by atoms with E-state index >= 15 is 0 Å². The third-order valence-electron chi connectivity index (χ3n) is 2.62. The fraction of sp³-hybridized carbons (Fsp3) is 0.500. The first-order valence-electron chi connectivity index (χ1n) is 7.64. The van der Waals surface area contributed by atoms with E-state index in [1.165, 1.54) is 17.7 Å². The number of hydrogen-bond acceptors (Lipinski definition) is 3. The van der Waals surface area contributed by atoms with Crippen molar-refractivity contribution in [1.82, 2.24) is 10.2 Å². The molecule has 1 heterocycles. The summed E-state index contributed by atoms with van der Waals surface area (Å²) in [5, 5.41) is 2.75. The summed E-state index contributed by atoms with van der Waals surface area (Å²) in [6, 6.07) is 0.